The van der Waals surface area contributed by atoms with Crippen LogP contribution < -0.4 is 10.6 Å². The Kier molecular flexibility index (Phi) is 6.78. The number of nitrogens with one attached hydrogen (secondary N) is 2. The van der Waals surface area contributed by atoms with E-state index in [4.69, 9.17) is 23.2 Å². The first-order valence-corrected chi connectivity index (χ1v) is 9.74. The predicted molar refractivity (Wildman–Crippen MR) is 111 cm³/mol. The molecule has 3 rings (SSSR count). The molecular weight excluding hydrogens is 401 g/mol. The molecule has 0 saturated carbocycles. The molecule has 1 aliphatic rings. The molecule has 2 aromatic carbocycles. The lowest BCUT2D eigenvalue weighted by Crippen LogP contribution is -2.41. The first kappa shape index (κ1) is 20.5. The number of phenolic OH excluding ortho intramolecular Hbond substituents is 1. The number of anilines is 2. The Hall–Kier alpha value is -2.28. The molecular formula is C20H21Cl2N3O3. The topological polar surface area (TPSA) is 81.7 Å². The number of piperidine rings is 1. The van der Waals surface area contributed by atoms with Gasteiger partial charge < -0.3 is 15.7 Å². The van der Waals surface area contributed by atoms with E-state index < -0.39 is 0 Å². The summed E-state index contributed by atoms with van der Waals surface area (Å²) >= 11 is 12.0. The molecule has 2 aromatic rings. The number of carbonyl (C=O) groups is 2. The van der Waals surface area contributed by atoms with Crippen molar-refractivity contribution in [1.29, 1.82) is 0 Å². The van der Waals surface area contributed by atoms with Crippen LogP contribution in [-0.2, 0) is 9.59 Å². The van der Waals surface area contributed by atoms with Crippen molar-refractivity contribution in [2.75, 3.05) is 30.3 Å². The summed E-state index contributed by atoms with van der Waals surface area (Å²) < 4.78 is 0. The van der Waals surface area contributed by atoms with Gasteiger partial charge in [-0.15, -0.1) is 0 Å². The largest absolute Gasteiger partial charge is 0.506 e. The number of amides is 2. The molecule has 6 nitrogen and oxygen atoms in total. The minimum atomic E-state index is -0.179. The van der Waals surface area contributed by atoms with E-state index in [2.05, 4.69) is 10.6 Å². The van der Waals surface area contributed by atoms with Gasteiger partial charge in [-0.1, -0.05) is 35.3 Å². The maximum atomic E-state index is 12.5. The van der Waals surface area contributed by atoms with Crippen LogP contribution >= 0.6 is 23.2 Å². The maximum Gasteiger partial charge on any atom is 0.238 e. The average molecular weight is 422 g/mol. The van der Waals surface area contributed by atoms with Crippen LogP contribution in [0.15, 0.2) is 42.5 Å². The summed E-state index contributed by atoms with van der Waals surface area (Å²) in [6.07, 6.45) is 1.26. The number of hydrogen-bond donors (Lipinski definition) is 3. The number of halogens is 2. The highest BCUT2D eigenvalue weighted by molar-refractivity contribution is 6.33. The number of aromatic hydroxyl groups is 1. The van der Waals surface area contributed by atoms with Crippen LogP contribution in [0.25, 0.3) is 0 Å². The minimum absolute atomic E-state index is 0.0218. The molecule has 3 N–H and O–H groups in total. The number of nitrogens with zero attached hydrogens (tertiary/aromatic N) is 1. The van der Waals surface area contributed by atoms with Crippen LogP contribution in [0.3, 0.4) is 0 Å². The van der Waals surface area contributed by atoms with E-state index >= 15 is 0 Å². The van der Waals surface area contributed by atoms with Crippen LogP contribution in [0.4, 0.5) is 11.4 Å². The predicted octanol–water partition coefficient (Wildman–Crippen LogP) is 3.99. The third-order valence-corrected chi connectivity index (χ3v) is 5.25. The first-order valence-electron chi connectivity index (χ1n) is 8.98. The molecule has 0 unspecified atom stereocenters. The highest BCUT2D eigenvalue weighted by atomic mass is 35.5. The van der Waals surface area contributed by atoms with E-state index in [9.17, 15) is 14.7 Å². The van der Waals surface area contributed by atoms with Gasteiger partial charge in [0.25, 0.3) is 0 Å². The van der Waals surface area contributed by atoms with E-state index in [1.807, 2.05) is 11.0 Å². The van der Waals surface area contributed by atoms with Crippen LogP contribution in [-0.4, -0.2) is 41.5 Å². The second kappa shape index (κ2) is 9.28. The normalized spacial score (nSPS) is 15.2. The lowest BCUT2D eigenvalue weighted by atomic mass is 9.95. The van der Waals surface area contributed by atoms with Gasteiger partial charge in [-0.05, 0) is 56.3 Å². The molecule has 1 fully saturated rings. The molecule has 0 radical (unpaired) electrons. The Balaban J connectivity index is 1.47. The summed E-state index contributed by atoms with van der Waals surface area (Å²) in [5.74, 6) is -0.495. The minimum Gasteiger partial charge on any atom is -0.506 e. The van der Waals surface area contributed by atoms with Crippen molar-refractivity contribution in [3.05, 3.63) is 52.5 Å². The monoisotopic (exact) mass is 421 g/mol. The van der Waals surface area contributed by atoms with Gasteiger partial charge in [0.15, 0.2) is 0 Å². The zero-order valence-electron chi connectivity index (χ0n) is 15.1. The molecule has 0 aliphatic carbocycles. The second-order valence-electron chi connectivity index (χ2n) is 6.73. The first-order chi connectivity index (χ1) is 13.4. The van der Waals surface area contributed by atoms with Crippen LogP contribution in [0.5, 0.6) is 5.75 Å². The molecule has 2 amide bonds. The highest BCUT2D eigenvalue weighted by Gasteiger charge is 2.26. The van der Waals surface area contributed by atoms with E-state index in [1.165, 1.54) is 12.1 Å². The third kappa shape index (κ3) is 5.38. The molecule has 28 heavy (non-hydrogen) atoms. The molecule has 0 spiro atoms. The van der Waals surface area contributed by atoms with E-state index in [0.29, 0.717) is 47.4 Å². The molecule has 1 aliphatic heterocycles. The van der Waals surface area contributed by atoms with Crippen molar-refractivity contribution in [3.8, 4) is 5.75 Å². The summed E-state index contributed by atoms with van der Waals surface area (Å²) in [6.45, 7) is 1.51. The summed E-state index contributed by atoms with van der Waals surface area (Å²) in [4.78, 5) is 26.7. The van der Waals surface area contributed by atoms with Gasteiger partial charge in [0, 0.05) is 10.9 Å². The number of rotatable bonds is 5. The number of likely N-dealkylation sites (tertiary alicyclic amines) is 1. The molecule has 1 heterocycles. The van der Waals surface area contributed by atoms with Crippen molar-refractivity contribution in [3.63, 3.8) is 0 Å². The van der Waals surface area contributed by atoms with E-state index in [-0.39, 0.29) is 30.0 Å². The van der Waals surface area contributed by atoms with E-state index in [0.717, 1.165) is 0 Å². The van der Waals surface area contributed by atoms with Gasteiger partial charge in [0.1, 0.15) is 5.75 Å². The SMILES string of the molecule is O=C(CN1CCC(C(=O)Nc2cc(Cl)ccc2O)CC1)Nc1ccccc1Cl. The fourth-order valence-corrected chi connectivity index (χ4v) is 3.51. The summed E-state index contributed by atoms with van der Waals surface area (Å²) in [5, 5.41) is 16.3. The zero-order chi connectivity index (χ0) is 20.1. The van der Waals surface area contributed by atoms with Gasteiger partial charge >= 0.3 is 0 Å². The number of para-hydroxylation sites is 1. The molecule has 0 bridgehead atoms. The molecule has 0 aromatic heterocycles. The zero-order valence-corrected chi connectivity index (χ0v) is 16.6. The quantitative estimate of drug-likeness (QED) is 0.637. The Morgan fingerprint density at radius 1 is 1.04 bits per heavy atom. The lowest BCUT2D eigenvalue weighted by Gasteiger charge is -2.30. The van der Waals surface area contributed by atoms with Crippen LogP contribution in [0.2, 0.25) is 10.0 Å². The number of phenols is 1. The van der Waals surface area contributed by atoms with Crippen molar-refractivity contribution in [1.82, 2.24) is 4.90 Å². The van der Waals surface area contributed by atoms with Gasteiger partial charge in [-0.2, -0.15) is 0 Å². The summed E-state index contributed by atoms with van der Waals surface area (Å²) in [5.41, 5.74) is 0.892. The highest BCUT2D eigenvalue weighted by Crippen LogP contribution is 2.28. The lowest BCUT2D eigenvalue weighted by molar-refractivity contribution is -0.121. The standard InChI is InChI=1S/C20H21Cl2N3O3/c21-14-5-6-18(26)17(11-14)24-20(28)13-7-9-25(10-8-13)12-19(27)23-16-4-2-1-3-15(16)22/h1-6,11,13,26H,7-10,12H2,(H,23,27)(H,24,28). The smallest absolute Gasteiger partial charge is 0.238 e. The average Bonchev–Trinajstić information content (AvgIpc) is 2.67. The maximum absolute atomic E-state index is 12.5. The number of carbonyl (C=O) groups excluding carboxylic acids is 2. The van der Waals surface area contributed by atoms with Crippen molar-refractivity contribution < 1.29 is 14.7 Å². The number of hydrogen-bond acceptors (Lipinski definition) is 4. The number of benzene rings is 2. The van der Waals surface area contributed by atoms with Crippen molar-refractivity contribution >= 4 is 46.4 Å². The van der Waals surface area contributed by atoms with Crippen LogP contribution in [0.1, 0.15) is 12.8 Å². The Bertz CT molecular complexity index is 868. The van der Waals surface area contributed by atoms with Gasteiger partial charge in [0.2, 0.25) is 11.8 Å². The van der Waals surface area contributed by atoms with Crippen LogP contribution in [0, 0.1) is 5.92 Å². The van der Waals surface area contributed by atoms with Gasteiger partial charge in [-0.3, -0.25) is 14.5 Å². The second-order valence-corrected chi connectivity index (χ2v) is 7.57. The van der Waals surface area contributed by atoms with Crippen molar-refractivity contribution in [2.24, 2.45) is 5.92 Å². The molecule has 0 atom stereocenters. The molecule has 1 saturated heterocycles. The van der Waals surface area contributed by atoms with Gasteiger partial charge in [-0.25, -0.2) is 0 Å². The fraction of sp³-hybridized carbons (Fsp3) is 0.300. The Labute approximate surface area is 173 Å². The van der Waals surface area contributed by atoms with Crippen molar-refractivity contribution in [2.45, 2.75) is 12.8 Å². The Morgan fingerprint density at radius 3 is 2.46 bits per heavy atom. The Morgan fingerprint density at radius 2 is 1.75 bits per heavy atom. The van der Waals surface area contributed by atoms with E-state index in [1.54, 1.807) is 24.3 Å². The molecule has 148 valence electrons. The summed E-state index contributed by atoms with van der Waals surface area (Å²) in [6, 6.07) is 11.6. The third-order valence-electron chi connectivity index (χ3n) is 4.69. The fourth-order valence-electron chi connectivity index (χ4n) is 3.15. The molecule has 8 heteroatoms. The summed E-state index contributed by atoms with van der Waals surface area (Å²) in [7, 11) is 0. The van der Waals surface area contributed by atoms with Gasteiger partial charge in [0.05, 0.1) is 22.9 Å².